The lowest BCUT2D eigenvalue weighted by Gasteiger charge is -2.08. The van der Waals surface area contributed by atoms with E-state index >= 15 is 0 Å². The molecule has 6 nitrogen and oxygen atoms in total. The summed E-state index contributed by atoms with van der Waals surface area (Å²) in [5.41, 5.74) is 0.310. The van der Waals surface area contributed by atoms with Gasteiger partial charge in [0.25, 0.3) is 5.69 Å². The molecule has 24 heavy (non-hydrogen) atoms. The number of anilines is 1. The first-order chi connectivity index (χ1) is 11.5. The molecule has 1 N–H and O–H groups in total. The molecule has 0 fully saturated rings. The Morgan fingerprint density at radius 2 is 2.00 bits per heavy atom. The van der Waals surface area contributed by atoms with E-state index in [1.54, 1.807) is 24.3 Å². The zero-order chi connectivity index (χ0) is 17.5. The summed E-state index contributed by atoms with van der Waals surface area (Å²) in [4.78, 5) is 22.0. The van der Waals surface area contributed by atoms with Gasteiger partial charge in [-0.2, -0.15) is 0 Å². The molecule has 126 valence electrons. The van der Waals surface area contributed by atoms with Crippen molar-refractivity contribution in [3.05, 3.63) is 62.6 Å². The third kappa shape index (κ3) is 5.40. The Morgan fingerprint density at radius 3 is 2.71 bits per heavy atom. The van der Waals surface area contributed by atoms with Gasteiger partial charge < -0.3 is 10.1 Å². The fraction of sp³-hybridized carbons (Fsp3) is 0.188. The number of nitro benzene ring substituents is 1. The predicted octanol–water partition coefficient (Wildman–Crippen LogP) is 4.70. The smallest absolute Gasteiger partial charge is 0.271 e. The maximum absolute atomic E-state index is 11.8. The van der Waals surface area contributed by atoms with E-state index in [0.717, 1.165) is 0 Å². The Labute approximate surface area is 148 Å². The summed E-state index contributed by atoms with van der Waals surface area (Å²) in [6.07, 6.45) is 0.688. The van der Waals surface area contributed by atoms with E-state index in [2.05, 4.69) is 5.32 Å². The van der Waals surface area contributed by atoms with Gasteiger partial charge in [-0.3, -0.25) is 14.9 Å². The first kappa shape index (κ1) is 18.0. The first-order valence-corrected chi connectivity index (χ1v) is 7.83. The van der Waals surface area contributed by atoms with Crippen LogP contribution in [0.5, 0.6) is 5.75 Å². The minimum absolute atomic E-state index is 0.0755. The fourth-order valence-electron chi connectivity index (χ4n) is 1.93. The van der Waals surface area contributed by atoms with Crippen LogP contribution in [0, 0.1) is 10.1 Å². The number of amides is 1. The second-order valence-corrected chi connectivity index (χ2v) is 5.73. The van der Waals surface area contributed by atoms with Crippen LogP contribution in [0.15, 0.2) is 42.5 Å². The van der Waals surface area contributed by atoms with Crippen molar-refractivity contribution >= 4 is 40.5 Å². The molecule has 0 aliphatic carbocycles. The summed E-state index contributed by atoms with van der Waals surface area (Å²) in [6.45, 7) is 0.309. The lowest BCUT2D eigenvalue weighted by atomic mass is 10.2. The van der Waals surface area contributed by atoms with Crippen molar-refractivity contribution in [3.63, 3.8) is 0 Å². The molecule has 0 heterocycles. The fourth-order valence-corrected chi connectivity index (χ4v) is 2.39. The van der Waals surface area contributed by atoms with Gasteiger partial charge in [-0.25, -0.2) is 0 Å². The van der Waals surface area contributed by atoms with Crippen molar-refractivity contribution in [2.24, 2.45) is 0 Å². The second kappa shape index (κ2) is 8.52. The number of ether oxygens (including phenoxy) is 1. The van der Waals surface area contributed by atoms with Crippen molar-refractivity contribution < 1.29 is 14.5 Å². The van der Waals surface area contributed by atoms with Crippen molar-refractivity contribution in [2.75, 3.05) is 11.9 Å². The van der Waals surface area contributed by atoms with Gasteiger partial charge in [-0.05, 0) is 30.7 Å². The Hall–Kier alpha value is -2.31. The highest BCUT2D eigenvalue weighted by molar-refractivity contribution is 6.35. The van der Waals surface area contributed by atoms with Crippen molar-refractivity contribution in [1.29, 1.82) is 0 Å². The molecule has 0 spiro atoms. The normalized spacial score (nSPS) is 10.2. The van der Waals surface area contributed by atoms with E-state index in [-0.39, 0.29) is 18.0 Å². The lowest BCUT2D eigenvalue weighted by molar-refractivity contribution is -0.384. The molecule has 0 aliphatic rings. The monoisotopic (exact) mass is 368 g/mol. The van der Waals surface area contributed by atoms with Gasteiger partial charge in [0.1, 0.15) is 5.75 Å². The molecule has 0 unspecified atom stereocenters. The number of hydrogen-bond donors (Lipinski definition) is 1. The topological polar surface area (TPSA) is 81.5 Å². The number of nitrogens with zero attached hydrogens (tertiary/aromatic N) is 1. The van der Waals surface area contributed by atoms with Crippen LogP contribution in [0.25, 0.3) is 0 Å². The van der Waals surface area contributed by atoms with Crippen molar-refractivity contribution in [1.82, 2.24) is 0 Å². The molecular weight excluding hydrogens is 355 g/mol. The highest BCUT2D eigenvalue weighted by atomic mass is 35.5. The molecule has 0 aliphatic heterocycles. The van der Waals surface area contributed by atoms with Crippen LogP contribution in [0.4, 0.5) is 11.4 Å². The molecular formula is C16H14Cl2N2O4. The summed E-state index contributed by atoms with van der Waals surface area (Å²) in [6, 6.07) is 10.7. The summed E-state index contributed by atoms with van der Waals surface area (Å²) < 4.78 is 5.48. The standard InChI is InChI=1S/C16H14Cl2N2O4/c17-11-6-7-15(14(18)9-11)24-8-2-5-16(21)19-12-3-1-4-13(10-12)20(22)23/h1,3-4,6-7,9-10H,2,5,8H2,(H,19,21). The van der Waals surface area contributed by atoms with Crippen LogP contribution in [0.3, 0.4) is 0 Å². The van der Waals surface area contributed by atoms with Gasteiger partial charge >= 0.3 is 0 Å². The molecule has 0 aromatic heterocycles. The highest BCUT2D eigenvalue weighted by Crippen LogP contribution is 2.27. The van der Waals surface area contributed by atoms with E-state index in [1.807, 2.05) is 0 Å². The van der Waals surface area contributed by atoms with Crippen LogP contribution in [-0.2, 0) is 4.79 Å². The average molecular weight is 369 g/mol. The zero-order valence-electron chi connectivity index (χ0n) is 12.5. The SMILES string of the molecule is O=C(CCCOc1ccc(Cl)cc1Cl)Nc1cccc([N+](=O)[O-])c1. The van der Waals surface area contributed by atoms with Gasteiger partial charge in [-0.1, -0.05) is 29.3 Å². The van der Waals surface area contributed by atoms with Gasteiger partial charge in [0, 0.05) is 29.3 Å². The minimum Gasteiger partial charge on any atom is -0.492 e. The van der Waals surface area contributed by atoms with Gasteiger partial charge in [0.2, 0.25) is 5.91 Å². The highest BCUT2D eigenvalue weighted by Gasteiger charge is 2.08. The van der Waals surface area contributed by atoms with E-state index in [0.29, 0.717) is 34.5 Å². The minimum atomic E-state index is -0.515. The van der Waals surface area contributed by atoms with Crippen molar-refractivity contribution in [2.45, 2.75) is 12.8 Å². The quantitative estimate of drug-likeness (QED) is 0.436. The van der Waals surface area contributed by atoms with E-state index < -0.39 is 4.92 Å². The predicted molar refractivity (Wildman–Crippen MR) is 92.9 cm³/mol. The molecule has 0 saturated carbocycles. The van der Waals surface area contributed by atoms with E-state index in [9.17, 15) is 14.9 Å². The summed E-state index contributed by atoms with van der Waals surface area (Å²) in [7, 11) is 0. The van der Waals surface area contributed by atoms with Crippen molar-refractivity contribution in [3.8, 4) is 5.75 Å². The number of carbonyl (C=O) groups excluding carboxylic acids is 1. The van der Waals surface area contributed by atoms with Crippen LogP contribution in [0.2, 0.25) is 10.0 Å². The average Bonchev–Trinajstić information content (AvgIpc) is 2.53. The number of nitro groups is 1. The van der Waals surface area contributed by atoms with Crippen LogP contribution >= 0.6 is 23.2 Å². The zero-order valence-corrected chi connectivity index (χ0v) is 14.0. The third-order valence-corrected chi connectivity index (χ3v) is 3.57. The van der Waals surface area contributed by atoms with Crippen LogP contribution in [0.1, 0.15) is 12.8 Å². The number of non-ortho nitro benzene ring substituents is 1. The van der Waals surface area contributed by atoms with Crippen LogP contribution in [-0.4, -0.2) is 17.4 Å². The molecule has 0 saturated heterocycles. The second-order valence-electron chi connectivity index (χ2n) is 4.88. The molecule has 2 rings (SSSR count). The van der Waals surface area contributed by atoms with Gasteiger partial charge in [0.05, 0.1) is 16.6 Å². The van der Waals surface area contributed by atoms with Gasteiger partial charge in [-0.15, -0.1) is 0 Å². The third-order valence-electron chi connectivity index (χ3n) is 3.04. The molecule has 0 bridgehead atoms. The molecule has 0 atom stereocenters. The number of carbonyl (C=O) groups is 1. The number of hydrogen-bond acceptors (Lipinski definition) is 4. The maximum Gasteiger partial charge on any atom is 0.271 e. The largest absolute Gasteiger partial charge is 0.492 e. The molecule has 8 heteroatoms. The Morgan fingerprint density at radius 1 is 1.21 bits per heavy atom. The molecule has 1 amide bonds. The Balaban J connectivity index is 1.77. The molecule has 2 aromatic carbocycles. The first-order valence-electron chi connectivity index (χ1n) is 7.08. The summed E-state index contributed by atoms with van der Waals surface area (Å²) in [5.74, 6) is 0.251. The lowest BCUT2D eigenvalue weighted by Crippen LogP contribution is -2.13. The summed E-state index contributed by atoms with van der Waals surface area (Å²) in [5, 5.41) is 14.2. The van der Waals surface area contributed by atoms with Gasteiger partial charge in [0.15, 0.2) is 0 Å². The maximum atomic E-state index is 11.8. The molecule has 2 aromatic rings. The number of nitrogens with one attached hydrogen (secondary N) is 1. The summed E-state index contributed by atoms with van der Waals surface area (Å²) >= 11 is 11.8. The van der Waals surface area contributed by atoms with E-state index in [1.165, 1.54) is 18.2 Å². The number of halogens is 2. The Bertz CT molecular complexity index is 753. The number of benzene rings is 2. The van der Waals surface area contributed by atoms with Crippen LogP contribution < -0.4 is 10.1 Å². The number of rotatable bonds is 7. The van der Waals surface area contributed by atoms with E-state index in [4.69, 9.17) is 27.9 Å². The molecule has 0 radical (unpaired) electrons. The Kier molecular flexibility index (Phi) is 6.40.